The number of amides is 1. The number of nitrogens with zero attached hydrogens (tertiary/aromatic N) is 2. The third-order valence-corrected chi connectivity index (χ3v) is 4.22. The predicted molar refractivity (Wildman–Crippen MR) is 73.1 cm³/mol. The minimum absolute atomic E-state index is 0.0954. The molecule has 1 aromatic rings. The van der Waals surface area contributed by atoms with Crippen LogP contribution in [0.3, 0.4) is 0 Å². The molecule has 0 saturated carbocycles. The SMILES string of the molecule is CN1CCOC2CCN(C(=O)c3cccc(F)c3)C[C@@H]21. The molecule has 0 spiro atoms. The fourth-order valence-electron chi connectivity index (χ4n) is 3.03. The maximum Gasteiger partial charge on any atom is 0.254 e. The number of hydrogen-bond acceptors (Lipinski definition) is 3. The van der Waals surface area contributed by atoms with Crippen molar-refractivity contribution in [3.63, 3.8) is 0 Å². The van der Waals surface area contributed by atoms with E-state index in [2.05, 4.69) is 11.9 Å². The van der Waals surface area contributed by atoms with Gasteiger partial charge in [0.1, 0.15) is 5.82 Å². The highest BCUT2D eigenvalue weighted by atomic mass is 19.1. The van der Waals surface area contributed by atoms with Gasteiger partial charge in [-0.1, -0.05) is 6.07 Å². The van der Waals surface area contributed by atoms with Crippen LogP contribution in [0.5, 0.6) is 0 Å². The van der Waals surface area contributed by atoms with Crippen LogP contribution in [0.15, 0.2) is 24.3 Å². The molecule has 20 heavy (non-hydrogen) atoms. The summed E-state index contributed by atoms with van der Waals surface area (Å²) >= 11 is 0. The summed E-state index contributed by atoms with van der Waals surface area (Å²) in [5.74, 6) is -0.467. The minimum Gasteiger partial charge on any atom is -0.375 e. The topological polar surface area (TPSA) is 32.8 Å². The minimum atomic E-state index is -0.371. The van der Waals surface area contributed by atoms with Crippen molar-refractivity contribution in [1.82, 2.24) is 9.80 Å². The first-order valence-electron chi connectivity index (χ1n) is 7.02. The molecule has 0 aromatic heterocycles. The summed E-state index contributed by atoms with van der Waals surface area (Å²) in [4.78, 5) is 16.5. The van der Waals surface area contributed by atoms with Gasteiger partial charge in [0, 0.05) is 25.2 Å². The van der Waals surface area contributed by atoms with Gasteiger partial charge in [0.2, 0.25) is 0 Å². The molecule has 1 aromatic carbocycles. The average molecular weight is 278 g/mol. The third-order valence-electron chi connectivity index (χ3n) is 4.22. The number of rotatable bonds is 1. The predicted octanol–water partition coefficient (Wildman–Crippen LogP) is 1.37. The Balaban J connectivity index is 1.73. The van der Waals surface area contributed by atoms with Crippen molar-refractivity contribution in [3.05, 3.63) is 35.6 Å². The Hall–Kier alpha value is -1.46. The van der Waals surface area contributed by atoms with Crippen molar-refractivity contribution in [2.75, 3.05) is 33.3 Å². The van der Waals surface area contributed by atoms with Crippen LogP contribution in [0.2, 0.25) is 0 Å². The quantitative estimate of drug-likeness (QED) is 0.778. The summed E-state index contributed by atoms with van der Waals surface area (Å²) in [7, 11) is 2.07. The van der Waals surface area contributed by atoms with Crippen molar-refractivity contribution in [3.8, 4) is 0 Å². The number of benzene rings is 1. The number of carbonyl (C=O) groups excluding carboxylic acids is 1. The zero-order valence-electron chi connectivity index (χ0n) is 11.6. The summed E-state index contributed by atoms with van der Waals surface area (Å²) in [6, 6.07) is 6.14. The van der Waals surface area contributed by atoms with Gasteiger partial charge in [0.25, 0.3) is 5.91 Å². The molecule has 3 rings (SSSR count). The second-order valence-electron chi connectivity index (χ2n) is 5.51. The van der Waals surface area contributed by atoms with Crippen LogP contribution in [0.1, 0.15) is 16.8 Å². The monoisotopic (exact) mass is 278 g/mol. The highest BCUT2D eigenvalue weighted by molar-refractivity contribution is 5.94. The first-order chi connectivity index (χ1) is 9.65. The second-order valence-corrected chi connectivity index (χ2v) is 5.51. The lowest BCUT2D eigenvalue weighted by Gasteiger charge is -2.45. The number of piperidine rings is 1. The van der Waals surface area contributed by atoms with Crippen LogP contribution < -0.4 is 0 Å². The molecule has 0 N–H and O–H groups in total. The van der Waals surface area contributed by atoms with Crippen LogP contribution in [0.4, 0.5) is 4.39 Å². The maximum absolute atomic E-state index is 13.2. The lowest BCUT2D eigenvalue weighted by atomic mass is 9.98. The fourth-order valence-corrected chi connectivity index (χ4v) is 3.03. The van der Waals surface area contributed by atoms with Crippen molar-refractivity contribution >= 4 is 5.91 Å². The zero-order chi connectivity index (χ0) is 14.1. The van der Waals surface area contributed by atoms with Gasteiger partial charge in [0.05, 0.1) is 18.8 Å². The van der Waals surface area contributed by atoms with Crippen molar-refractivity contribution in [2.45, 2.75) is 18.6 Å². The Morgan fingerprint density at radius 3 is 3.05 bits per heavy atom. The summed E-state index contributed by atoms with van der Waals surface area (Å²) in [5.41, 5.74) is 0.419. The van der Waals surface area contributed by atoms with Gasteiger partial charge in [-0.05, 0) is 31.7 Å². The molecule has 1 unspecified atom stereocenters. The Bertz CT molecular complexity index is 508. The molecule has 2 atom stereocenters. The number of hydrogen-bond donors (Lipinski definition) is 0. The number of carbonyl (C=O) groups is 1. The normalized spacial score (nSPS) is 27.2. The van der Waals surface area contributed by atoms with Crippen LogP contribution >= 0.6 is 0 Å². The van der Waals surface area contributed by atoms with E-state index in [0.29, 0.717) is 18.7 Å². The highest BCUT2D eigenvalue weighted by Crippen LogP contribution is 2.23. The zero-order valence-corrected chi connectivity index (χ0v) is 11.6. The summed E-state index contributed by atoms with van der Waals surface area (Å²) in [6.45, 7) is 2.97. The number of halogens is 1. The smallest absolute Gasteiger partial charge is 0.254 e. The van der Waals surface area contributed by atoms with E-state index >= 15 is 0 Å². The molecular formula is C15H19FN2O2. The molecule has 0 radical (unpaired) electrons. The largest absolute Gasteiger partial charge is 0.375 e. The molecule has 2 saturated heterocycles. The molecule has 108 valence electrons. The van der Waals surface area contributed by atoms with E-state index in [-0.39, 0.29) is 23.9 Å². The van der Waals surface area contributed by atoms with Crippen LogP contribution in [0, 0.1) is 5.82 Å². The van der Waals surface area contributed by atoms with Crippen molar-refractivity contribution in [1.29, 1.82) is 0 Å². The number of ether oxygens (including phenoxy) is 1. The Labute approximate surface area is 118 Å². The Kier molecular flexibility index (Phi) is 3.72. The van der Waals surface area contributed by atoms with Crippen molar-refractivity contribution < 1.29 is 13.9 Å². The summed E-state index contributed by atoms with van der Waals surface area (Å²) in [6.07, 6.45) is 1.06. The van der Waals surface area contributed by atoms with Gasteiger partial charge in [0.15, 0.2) is 0 Å². The molecule has 1 amide bonds. The van der Waals surface area contributed by atoms with Gasteiger partial charge in [-0.25, -0.2) is 4.39 Å². The third kappa shape index (κ3) is 2.55. The highest BCUT2D eigenvalue weighted by Gasteiger charge is 2.37. The number of fused-ring (bicyclic) bond motifs is 1. The number of likely N-dealkylation sites (tertiary alicyclic amines) is 1. The van der Waals surface area contributed by atoms with Gasteiger partial charge < -0.3 is 9.64 Å². The molecule has 2 fully saturated rings. The Morgan fingerprint density at radius 1 is 1.40 bits per heavy atom. The first-order valence-corrected chi connectivity index (χ1v) is 7.02. The second kappa shape index (κ2) is 5.50. The summed E-state index contributed by atoms with van der Waals surface area (Å²) in [5, 5.41) is 0. The Morgan fingerprint density at radius 2 is 2.25 bits per heavy atom. The van der Waals surface area contributed by atoms with E-state index in [0.717, 1.165) is 19.6 Å². The van der Waals surface area contributed by atoms with Crippen LogP contribution in [-0.4, -0.2) is 61.1 Å². The molecule has 2 aliphatic rings. The van der Waals surface area contributed by atoms with E-state index in [1.807, 2.05) is 0 Å². The maximum atomic E-state index is 13.2. The van der Waals surface area contributed by atoms with Gasteiger partial charge in [-0.3, -0.25) is 9.69 Å². The van der Waals surface area contributed by atoms with E-state index in [1.165, 1.54) is 12.1 Å². The van der Waals surface area contributed by atoms with Crippen LogP contribution in [-0.2, 0) is 4.74 Å². The number of morpholine rings is 1. The van der Waals surface area contributed by atoms with Crippen LogP contribution in [0.25, 0.3) is 0 Å². The lowest BCUT2D eigenvalue weighted by molar-refractivity contribution is -0.0893. The molecule has 2 heterocycles. The first kappa shape index (κ1) is 13.5. The van der Waals surface area contributed by atoms with E-state index < -0.39 is 0 Å². The lowest BCUT2D eigenvalue weighted by Crippen LogP contribution is -2.59. The molecule has 2 aliphatic heterocycles. The average Bonchev–Trinajstić information content (AvgIpc) is 2.47. The standard InChI is InChI=1S/C15H19FN2O2/c1-17-7-8-20-14-5-6-18(10-13(14)17)15(19)11-3-2-4-12(16)9-11/h2-4,9,13-14H,5-8,10H2,1H3/t13-,14?/m0/s1. The van der Waals surface area contributed by atoms with E-state index in [4.69, 9.17) is 4.74 Å². The van der Waals surface area contributed by atoms with Gasteiger partial charge in [-0.15, -0.1) is 0 Å². The summed E-state index contributed by atoms with van der Waals surface area (Å²) < 4.78 is 19.0. The number of likely N-dealkylation sites (N-methyl/N-ethyl adjacent to an activating group) is 1. The van der Waals surface area contributed by atoms with Crippen molar-refractivity contribution in [2.24, 2.45) is 0 Å². The molecular weight excluding hydrogens is 259 g/mol. The molecule has 0 bridgehead atoms. The van der Waals surface area contributed by atoms with E-state index in [9.17, 15) is 9.18 Å². The fraction of sp³-hybridized carbons (Fsp3) is 0.533. The molecule has 5 heteroatoms. The van der Waals surface area contributed by atoms with E-state index in [1.54, 1.807) is 17.0 Å². The molecule has 4 nitrogen and oxygen atoms in total. The van der Waals surface area contributed by atoms with Gasteiger partial charge >= 0.3 is 0 Å². The van der Waals surface area contributed by atoms with Gasteiger partial charge in [-0.2, -0.15) is 0 Å². The molecule has 0 aliphatic carbocycles.